The maximum Gasteiger partial charge on any atom is 0.246 e. The summed E-state index contributed by atoms with van der Waals surface area (Å²) in [5.41, 5.74) is 4.70. The molecule has 2 aliphatic heterocycles. The molecule has 10 heteroatoms. The van der Waals surface area contributed by atoms with Crippen molar-refractivity contribution in [1.29, 1.82) is 0 Å². The van der Waals surface area contributed by atoms with Crippen molar-refractivity contribution in [3.05, 3.63) is 102 Å². The van der Waals surface area contributed by atoms with Crippen LogP contribution in [0.15, 0.2) is 85.7 Å². The Kier molecular flexibility index (Phi) is 7.10. The maximum absolute atomic E-state index is 14.2. The van der Waals surface area contributed by atoms with Crippen molar-refractivity contribution in [3.63, 3.8) is 0 Å². The van der Waals surface area contributed by atoms with Crippen LogP contribution >= 0.6 is 0 Å². The second-order valence-electron chi connectivity index (χ2n) is 10.3. The van der Waals surface area contributed by atoms with E-state index in [-0.39, 0.29) is 24.5 Å². The molecule has 6 rings (SSSR count). The number of aromatic nitrogens is 4. The number of fused-ring (bicyclic) bond motifs is 2. The Bertz CT molecular complexity index is 1520. The summed E-state index contributed by atoms with van der Waals surface area (Å²) in [6.45, 7) is 6.00. The SMILES string of the molecule is C=CCN1CC(=O)N2[C@@H](Cc3ccncc3)C(=O)N(Cc3cccc4c3nnn4C)C[C@@H]2N1Cc1ccccc1. The van der Waals surface area contributed by atoms with Gasteiger partial charge < -0.3 is 9.80 Å². The molecule has 0 bridgehead atoms. The molecule has 40 heavy (non-hydrogen) atoms. The number of piperazine rings is 1. The summed E-state index contributed by atoms with van der Waals surface area (Å²) < 4.78 is 1.74. The number of hydrazine groups is 1. The first kappa shape index (κ1) is 25.8. The molecular weight excluding hydrogens is 504 g/mol. The van der Waals surface area contributed by atoms with E-state index in [0.29, 0.717) is 32.6 Å². The molecule has 0 aliphatic carbocycles. The molecule has 0 spiro atoms. The average Bonchev–Trinajstić information content (AvgIpc) is 3.35. The number of benzene rings is 2. The average molecular weight is 537 g/mol. The highest BCUT2D eigenvalue weighted by Crippen LogP contribution is 2.31. The highest BCUT2D eigenvalue weighted by Gasteiger charge is 2.49. The summed E-state index contributed by atoms with van der Waals surface area (Å²) in [6.07, 6.45) is 5.33. The summed E-state index contributed by atoms with van der Waals surface area (Å²) in [4.78, 5) is 35.7. The van der Waals surface area contributed by atoms with Crippen molar-refractivity contribution in [1.82, 2.24) is 39.8 Å². The number of hydrogen-bond acceptors (Lipinski definition) is 7. The molecule has 2 atom stereocenters. The van der Waals surface area contributed by atoms with Gasteiger partial charge in [-0.15, -0.1) is 11.7 Å². The smallest absolute Gasteiger partial charge is 0.246 e. The van der Waals surface area contributed by atoms with E-state index in [9.17, 15) is 9.59 Å². The van der Waals surface area contributed by atoms with Crippen molar-refractivity contribution in [2.45, 2.75) is 31.7 Å². The van der Waals surface area contributed by atoms with Gasteiger partial charge in [0.25, 0.3) is 0 Å². The Morgan fingerprint density at radius 3 is 2.55 bits per heavy atom. The minimum Gasteiger partial charge on any atom is -0.333 e. The van der Waals surface area contributed by atoms with Gasteiger partial charge in [-0.25, -0.2) is 14.7 Å². The van der Waals surface area contributed by atoms with Crippen LogP contribution in [0.25, 0.3) is 11.0 Å². The summed E-state index contributed by atoms with van der Waals surface area (Å²) in [6, 6.07) is 19.3. The Balaban J connectivity index is 1.40. The molecule has 2 fully saturated rings. The van der Waals surface area contributed by atoms with E-state index in [1.165, 1.54) is 0 Å². The highest BCUT2D eigenvalue weighted by molar-refractivity contribution is 5.91. The number of carbonyl (C=O) groups is 2. The van der Waals surface area contributed by atoms with Crippen LogP contribution in [0.2, 0.25) is 0 Å². The Morgan fingerprint density at radius 1 is 0.975 bits per heavy atom. The number of carbonyl (C=O) groups excluding carboxylic acids is 2. The monoisotopic (exact) mass is 536 g/mol. The van der Waals surface area contributed by atoms with E-state index in [1.807, 2.05) is 76.5 Å². The molecule has 0 unspecified atom stereocenters. The van der Waals surface area contributed by atoms with E-state index < -0.39 is 6.04 Å². The van der Waals surface area contributed by atoms with Gasteiger partial charge in [-0.05, 0) is 29.3 Å². The van der Waals surface area contributed by atoms with Gasteiger partial charge in [0.1, 0.15) is 17.7 Å². The van der Waals surface area contributed by atoms with Gasteiger partial charge >= 0.3 is 0 Å². The zero-order valence-corrected chi connectivity index (χ0v) is 22.5. The Hall–Kier alpha value is -4.41. The van der Waals surface area contributed by atoms with E-state index in [2.05, 4.69) is 39.0 Å². The lowest BCUT2D eigenvalue weighted by Gasteiger charge is -2.55. The lowest BCUT2D eigenvalue weighted by atomic mass is 9.98. The molecule has 2 aromatic heterocycles. The predicted octanol–water partition coefficient (Wildman–Crippen LogP) is 2.39. The fraction of sp³-hybridized carbons (Fsp3) is 0.300. The number of pyridine rings is 1. The van der Waals surface area contributed by atoms with E-state index in [4.69, 9.17) is 0 Å². The second-order valence-corrected chi connectivity index (χ2v) is 10.3. The van der Waals surface area contributed by atoms with Crippen LogP contribution in [0.3, 0.4) is 0 Å². The Morgan fingerprint density at radius 2 is 1.77 bits per heavy atom. The van der Waals surface area contributed by atoms with Crippen LogP contribution < -0.4 is 0 Å². The fourth-order valence-electron chi connectivity index (χ4n) is 5.82. The Labute approximate surface area is 233 Å². The van der Waals surface area contributed by atoms with Crippen molar-refractivity contribution in [2.24, 2.45) is 7.05 Å². The van der Waals surface area contributed by atoms with Crippen LogP contribution in [0, 0.1) is 0 Å². The van der Waals surface area contributed by atoms with Crippen LogP contribution in [0.5, 0.6) is 0 Å². The fourth-order valence-corrected chi connectivity index (χ4v) is 5.82. The lowest BCUT2D eigenvalue weighted by Crippen LogP contribution is -2.74. The largest absolute Gasteiger partial charge is 0.333 e. The highest BCUT2D eigenvalue weighted by atomic mass is 16.2. The molecule has 0 saturated carbocycles. The van der Waals surface area contributed by atoms with E-state index in [1.54, 1.807) is 17.1 Å². The quantitative estimate of drug-likeness (QED) is 0.320. The molecule has 2 saturated heterocycles. The zero-order valence-electron chi connectivity index (χ0n) is 22.5. The van der Waals surface area contributed by atoms with Gasteiger partial charge in [0, 0.05) is 51.1 Å². The number of hydrogen-bond donors (Lipinski definition) is 0. The number of aryl methyl sites for hydroxylation is 1. The van der Waals surface area contributed by atoms with Crippen LogP contribution in [0.1, 0.15) is 16.7 Å². The van der Waals surface area contributed by atoms with Crippen molar-refractivity contribution in [3.8, 4) is 0 Å². The van der Waals surface area contributed by atoms with Crippen LogP contribution in [0.4, 0.5) is 0 Å². The third-order valence-corrected chi connectivity index (χ3v) is 7.74. The summed E-state index contributed by atoms with van der Waals surface area (Å²) in [5, 5.41) is 12.8. The zero-order chi connectivity index (χ0) is 27.6. The molecule has 4 heterocycles. The predicted molar refractivity (Wildman–Crippen MR) is 150 cm³/mol. The first-order valence-electron chi connectivity index (χ1n) is 13.5. The first-order valence-corrected chi connectivity index (χ1v) is 13.5. The van der Waals surface area contributed by atoms with Gasteiger partial charge in [0.05, 0.1) is 18.6 Å². The van der Waals surface area contributed by atoms with Crippen molar-refractivity contribution >= 4 is 22.8 Å². The molecule has 204 valence electrons. The maximum atomic E-state index is 14.2. The van der Waals surface area contributed by atoms with Gasteiger partial charge in [0.15, 0.2) is 0 Å². The summed E-state index contributed by atoms with van der Waals surface area (Å²) in [7, 11) is 1.86. The molecule has 2 aromatic carbocycles. The second kappa shape index (κ2) is 11.0. The van der Waals surface area contributed by atoms with E-state index >= 15 is 0 Å². The number of rotatable bonds is 8. The van der Waals surface area contributed by atoms with E-state index in [0.717, 1.165) is 27.7 Å². The third kappa shape index (κ3) is 4.87. The topological polar surface area (TPSA) is 90.7 Å². The molecule has 0 N–H and O–H groups in total. The molecule has 0 radical (unpaired) electrons. The molecule has 2 amide bonds. The van der Waals surface area contributed by atoms with Gasteiger partial charge in [-0.3, -0.25) is 14.6 Å². The molecular formula is C30H32N8O2. The third-order valence-electron chi connectivity index (χ3n) is 7.74. The number of nitrogens with zero attached hydrogens (tertiary/aromatic N) is 8. The normalized spacial score (nSPS) is 20.2. The minimum absolute atomic E-state index is 0.0563. The van der Waals surface area contributed by atoms with Crippen molar-refractivity contribution in [2.75, 3.05) is 19.6 Å². The van der Waals surface area contributed by atoms with Gasteiger partial charge in [0.2, 0.25) is 11.8 Å². The lowest BCUT2D eigenvalue weighted by molar-refractivity contribution is -0.204. The summed E-state index contributed by atoms with van der Waals surface area (Å²) in [5.74, 6) is -0.126. The van der Waals surface area contributed by atoms with Crippen molar-refractivity contribution < 1.29 is 9.59 Å². The van der Waals surface area contributed by atoms with Gasteiger partial charge in [-0.2, -0.15) is 0 Å². The standard InChI is InChI=1S/C30H32N8O2/c1-3-16-36-21-28(39)38-26(17-22-12-14-31-15-13-22)30(40)35(19-24-10-7-11-25-29(24)32-33-34(25)2)20-27(38)37(36)18-23-8-5-4-6-9-23/h3-15,26-27H,1,16-21H2,2H3/t26-,27+/m0/s1. The first-order chi connectivity index (χ1) is 19.5. The van der Waals surface area contributed by atoms with Crippen LogP contribution in [-0.2, 0) is 36.1 Å². The molecule has 2 aliphatic rings. The number of amides is 2. The minimum atomic E-state index is -0.640. The molecule has 4 aromatic rings. The van der Waals surface area contributed by atoms with Gasteiger partial charge in [-0.1, -0.05) is 53.8 Å². The van der Waals surface area contributed by atoms with Crippen LogP contribution in [-0.4, -0.2) is 83.5 Å². The molecule has 10 nitrogen and oxygen atoms in total. The summed E-state index contributed by atoms with van der Waals surface area (Å²) >= 11 is 0.